The summed E-state index contributed by atoms with van der Waals surface area (Å²) in [5.74, 6) is 1.38. The minimum Gasteiger partial charge on any atom is -0.367 e. The maximum atomic E-state index is 6.08. The number of alkyl halides is 1. The summed E-state index contributed by atoms with van der Waals surface area (Å²) < 4.78 is 11.5. The molecular weight excluding hydrogens is 320 g/mol. The highest BCUT2D eigenvalue weighted by molar-refractivity contribution is 9.09. The van der Waals surface area contributed by atoms with Crippen LogP contribution in [0.5, 0.6) is 0 Å². The zero-order chi connectivity index (χ0) is 14.8. The van der Waals surface area contributed by atoms with Crippen molar-refractivity contribution in [1.29, 1.82) is 0 Å². The van der Waals surface area contributed by atoms with Gasteiger partial charge in [-0.2, -0.15) is 4.98 Å². The molecule has 114 valence electrons. The van der Waals surface area contributed by atoms with Crippen molar-refractivity contribution in [3.63, 3.8) is 0 Å². The molecule has 0 amide bonds. The Morgan fingerprint density at radius 2 is 1.90 bits per heavy atom. The average Bonchev–Trinajstić information content (AvgIpc) is 2.91. The Bertz CT molecular complexity index is 435. The molecule has 1 saturated carbocycles. The van der Waals surface area contributed by atoms with Gasteiger partial charge in [0.25, 0.3) is 0 Å². The van der Waals surface area contributed by atoms with E-state index in [1.807, 2.05) is 6.92 Å². The van der Waals surface area contributed by atoms with E-state index < -0.39 is 0 Å². The first kappa shape index (κ1) is 16.0. The van der Waals surface area contributed by atoms with E-state index in [0.29, 0.717) is 17.9 Å². The number of hydrogen-bond acceptors (Lipinski definition) is 4. The Morgan fingerprint density at radius 1 is 1.25 bits per heavy atom. The van der Waals surface area contributed by atoms with Crippen molar-refractivity contribution in [1.82, 2.24) is 10.1 Å². The van der Waals surface area contributed by atoms with E-state index in [-0.39, 0.29) is 10.4 Å². The normalized spacial score (nSPS) is 22.6. The van der Waals surface area contributed by atoms with Crippen molar-refractivity contribution >= 4 is 15.9 Å². The molecule has 1 heterocycles. The summed E-state index contributed by atoms with van der Waals surface area (Å²) in [6.07, 6.45) is 5.11. The van der Waals surface area contributed by atoms with Gasteiger partial charge < -0.3 is 9.26 Å². The summed E-state index contributed by atoms with van der Waals surface area (Å²) in [4.78, 5) is 4.72. The summed E-state index contributed by atoms with van der Waals surface area (Å²) in [6.45, 7) is 9.43. The van der Waals surface area contributed by atoms with Crippen LogP contribution in [0.2, 0.25) is 0 Å². The second-order valence-corrected chi connectivity index (χ2v) is 7.53. The van der Waals surface area contributed by atoms with Crippen molar-refractivity contribution in [2.24, 2.45) is 5.41 Å². The van der Waals surface area contributed by atoms with Crippen LogP contribution in [0.25, 0.3) is 0 Å². The zero-order valence-electron chi connectivity index (χ0n) is 12.9. The molecule has 1 fully saturated rings. The number of aromatic nitrogens is 2. The largest absolute Gasteiger partial charge is 0.367 e. The summed E-state index contributed by atoms with van der Waals surface area (Å²) >= 11 is 3.56. The lowest BCUT2D eigenvalue weighted by Gasteiger charge is -2.41. The maximum absolute atomic E-state index is 6.08. The van der Waals surface area contributed by atoms with Gasteiger partial charge in [-0.1, -0.05) is 41.9 Å². The molecule has 1 atom stereocenters. The third-order valence-electron chi connectivity index (χ3n) is 4.31. The van der Waals surface area contributed by atoms with E-state index in [0.717, 1.165) is 37.9 Å². The van der Waals surface area contributed by atoms with Gasteiger partial charge in [-0.25, -0.2) is 0 Å². The van der Waals surface area contributed by atoms with E-state index >= 15 is 0 Å². The predicted octanol–water partition coefficient (Wildman–Crippen LogP) is 4.75. The molecule has 0 aromatic carbocycles. The van der Waals surface area contributed by atoms with Gasteiger partial charge in [0.05, 0.1) is 4.83 Å². The Kier molecular flexibility index (Phi) is 4.90. The third-order valence-corrected chi connectivity index (χ3v) is 5.35. The molecule has 0 spiro atoms. The molecule has 0 N–H and O–H groups in total. The monoisotopic (exact) mass is 344 g/mol. The standard InChI is InChI=1S/C15H25BrN2O2/c1-5-11(16)12-17-13(18-20-12)15(19-6-2)9-7-14(3,4)8-10-15/h11H,5-10H2,1-4H3. The lowest BCUT2D eigenvalue weighted by Crippen LogP contribution is -2.38. The van der Waals surface area contributed by atoms with Crippen LogP contribution in [-0.4, -0.2) is 16.7 Å². The van der Waals surface area contributed by atoms with Crippen molar-refractivity contribution < 1.29 is 9.26 Å². The zero-order valence-corrected chi connectivity index (χ0v) is 14.5. The van der Waals surface area contributed by atoms with E-state index in [9.17, 15) is 0 Å². The topological polar surface area (TPSA) is 48.2 Å². The molecule has 2 rings (SSSR count). The molecule has 0 bridgehead atoms. The fourth-order valence-corrected chi connectivity index (χ4v) is 2.95. The molecule has 0 radical (unpaired) electrons. The number of ether oxygens (including phenoxy) is 1. The fraction of sp³-hybridized carbons (Fsp3) is 0.867. The second kappa shape index (κ2) is 6.14. The van der Waals surface area contributed by atoms with Crippen LogP contribution in [0.4, 0.5) is 0 Å². The van der Waals surface area contributed by atoms with Crippen molar-refractivity contribution in [3.8, 4) is 0 Å². The van der Waals surface area contributed by atoms with Crippen molar-refractivity contribution in [3.05, 3.63) is 11.7 Å². The Labute approximate surface area is 129 Å². The highest BCUT2D eigenvalue weighted by Crippen LogP contribution is 2.46. The van der Waals surface area contributed by atoms with Crippen LogP contribution < -0.4 is 0 Å². The van der Waals surface area contributed by atoms with Gasteiger partial charge in [0.2, 0.25) is 11.7 Å². The lowest BCUT2D eigenvalue weighted by molar-refractivity contribution is -0.0957. The molecule has 1 aromatic rings. The van der Waals surface area contributed by atoms with Gasteiger partial charge in [-0.15, -0.1) is 0 Å². The number of halogens is 1. The van der Waals surface area contributed by atoms with Gasteiger partial charge in [-0.3, -0.25) is 0 Å². The minimum atomic E-state index is -0.355. The maximum Gasteiger partial charge on any atom is 0.240 e. The van der Waals surface area contributed by atoms with Gasteiger partial charge >= 0.3 is 0 Å². The Hall–Kier alpha value is -0.420. The minimum absolute atomic E-state index is 0.127. The SMILES string of the molecule is CCOC1(c2noc(C(Br)CC)n2)CCC(C)(C)CC1. The van der Waals surface area contributed by atoms with Crippen LogP contribution in [0.15, 0.2) is 4.52 Å². The number of rotatable bonds is 5. The summed E-state index contributed by atoms with van der Waals surface area (Å²) in [5.41, 5.74) is 0.0288. The molecule has 1 aromatic heterocycles. The molecule has 5 heteroatoms. The molecule has 20 heavy (non-hydrogen) atoms. The summed E-state index contributed by atoms with van der Waals surface area (Å²) in [6, 6.07) is 0. The van der Waals surface area contributed by atoms with E-state index in [1.54, 1.807) is 0 Å². The predicted molar refractivity (Wildman–Crippen MR) is 81.8 cm³/mol. The van der Waals surface area contributed by atoms with E-state index in [4.69, 9.17) is 9.26 Å². The highest BCUT2D eigenvalue weighted by Gasteiger charge is 2.44. The second-order valence-electron chi connectivity index (χ2n) is 6.42. The van der Waals surface area contributed by atoms with Crippen LogP contribution in [-0.2, 0) is 10.3 Å². The first-order valence-electron chi connectivity index (χ1n) is 7.54. The van der Waals surface area contributed by atoms with E-state index in [2.05, 4.69) is 46.8 Å². The van der Waals surface area contributed by atoms with Crippen LogP contribution >= 0.6 is 15.9 Å². The van der Waals surface area contributed by atoms with Gasteiger partial charge in [0, 0.05) is 6.61 Å². The molecule has 4 nitrogen and oxygen atoms in total. The molecule has 0 saturated heterocycles. The number of nitrogens with zero attached hydrogens (tertiary/aromatic N) is 2. The first-order valence-corrected chi connectivity index (χ1v) is 8.46. The highest BCUT2D eigenvalue weighted by atomic mass is 79.9. The quantitative estimate of drug-likeness (QED) is 0.723. The molecule has 1 unspecified atom stereocenters. The molecule has 0 aliphatic heterocycles. The van der Waals surface area contributed by atoms with Gasteiger partial charge in [0.1, 0.15) is 5.60 Å². The van der Waals surface area contributed by atoms with Crippen LogP contribution in [0.1, 0.15) is 76.3 Å². The molecule has 1 aliphatic carbocycles. The smallest absolute Gasteiger partial charge is 0.240 e. The average molecular weight is 345 g/mol. The Balaban J connectivity index is 2.22. The fourth-order valence-electron chi connectivity index (χ4n) is 2.76. The lowest BCUT2D eigenvalue weighted by atomic mass is 9.70. The summed E-state index contributed by atoms with van der Waals surface area (Å²) in [7, 11) is 0. The molecular formula is C15H25BrN2O2. The number of hydrogen-bond donors (Lipinski definition) is 0. The van der Waals surface area contributed by atoms with Crippen LogP contribution in [0, 0.1) is 5.41 Å². The van der Waals surface area contributed by atoms with Crippen molar-refractivity contribution in [2.45, 2.75) is 70.2 Å². The summed E-state index contributed by atoms with van der Waals surface area (Å²) in [5, 5.41) is 4.21. The van der Waals surface area contributed by atoms with Gasteiger partial charge in [-0.05, 0) is 44.4 Å². The van der Waals surface area contributed by atoms with Crippen molar-refractivity contribution in [2.75, 3.05) is 6.61 Å². The van der Waals surface area contributed by atoms with Crippen LogP contribution in [0.3, 0.4) is 0 Å². The third kappa shape index (κ3) is 3.25. The first-order chi connectivity index (χ1) is 9.42. The van der Waals surface area contributed by atoms with E-state index in [1.165, 1.54) is 0 Å². The van der Waals surface area contributed by atoms with Gasteiger partial charge in [0.15, 0.2) is 0 Å². The molecule has 1 aliphatic rings. The Morgan fingerprint density at radius 3 is 2.45 bits per heavy atom.